The van der Waals surface area contributed by atoms with E-state index in [4.69, 9.17) is 11.6 Å². The number of anilines is 2. The van der Waals surface area contributed by atoms with Gasteiger partial charge in [-0.3, -0.25) is 19.6 Å². The molecule has 0 saturated carbocycles. The van der Waals surface area contributed by atoms with Crippen LogP contribution in [0.15, 0.2) is 120 Å². The first kappa shape index (κ1) is 31.4. The highest BCUT2D eigenvalue weighted by molar-refractivity contribution is 6.31. The second-order valence-electron chi connectivity index (χ2n) is 8.33. The van der Waals surface area contributed by atoms with Crippen molar-refractivity contribution in [2.45, 2.75) is 13.8 Å². The van der Waals surface area contributed by atoms with E-state index in [-0.39, 0.29) is 5.91 Å². The summed E-state index contributed by atoms with van der Waals surface area (Å²) in [6.07, 6.45) is 11.7. The average molecular weight is 553 g/mol. The number of carbonyl (C=O) groups excluding carboxylic acids is 2. The molecule has 2 N–H and O–H groups in total. The van der Waals surface area contributed by atoms with Crippen molar-refractivity contribution in [2.24, 2.45) is 9.98 Å². The Hall–Kier alpha value is -4.81. The molecular weight excluding hydrogens is 520 g/mol. The molecule has 0 aliphatic carbocycles. The number of carbonyl (C=O) groups is 2. The average Bonchev–Trinajstić information content (AvgIpc) is 2.95. The summed E-state index contributed by atoms with van der Waals surface area (Å²) >= 11 is 5.99. The lowest BCUT2D eigenvalue weighted by molar-refractivity contribution is -0.105. The van der Waals surface area contributed by atoms with Gasteiger partial charge in [-0.15, -0.1) is 0 Å². The van der Waals surface area contributed by atoms with Crippen molar-refractivity contribution in [3.05, 3.63) is 137 Å². The van der Waals surface area contributed by atoms with E-state index in [1.807, 2.05) is 43.4 Å². The van der Waals surface area contributed by atoms with Crippen molar-refractivity contribution in [1.29, 1.82) is 0 Å². The van der Waals surface area contributed by atoms with E-state index in [0.717, 1.165) is 22.5 Å². The Morgan fingerprint density at radius 2 is 1.55 bits per heavy atom. The van der Waals surface area contributed by atoms with Crippen LogP contribution in [0.1, 0.15) is 34.0 Å². The number of allylic oxidation sites excluding steroid dienone is 6. The highest BCUT2D eigenvalue weighted by Crippen LogP contribution is 2.23. The van der Waals surface area contributed by atoms with Crippen LogP contribution in [0, 0.1) is 6.92 Å². The first-order valence-electron chi connectivity index (χ1n) is 12.4. The minimum atomic E-state index is -0.285. The lowest BCUT2D eigenvalue weighted by Gasteiger charge is -2.09. The normalized spacial score (nSPS) is 11.5. The molecule has 0 bridgehead atoms. The molecule has 0 spiro atoms. The Balaban J connectivity index is 0.000000337. The molecule has 204 valence electrons. The third kappa shape index (κ3) is 10.2. The van der Waals surface area contributed by atoms with Crippen LogP contribution in [0.3, 0.4) is 0 Å². The Kier molecular flexibility index (Phi) is 13.3. The second kappa shape index (κ2) is 16.9. The number of hydrogen-bond acceptors (Lipinski definition) is 4. The number of amides is 2. The van der Waals surface area contributed by atoms with E-state index in [9.17, 15) is 9.59 Å². The highest BCUT2D eigenvalue weighted by atomic mass is 35.5. The van der Waals surface area contributed by atoms with Gasteiger partial charge in [0, 0.05) is 34.6 Å². The lowest BCUT2D eigenvalue weighted by Crippen LogP contribution is -2.12. The number of nitrogens with one attached hydrogen (secondary N) is 2. The summed E-state index contributed by atoms with van der Waals surface area (Å²) in [4.78, 5) is 31.2. The zero-order valence-electron chi connectivity index (χ0n) is 22.9. The molecule has 3 aromatic carbocycles. The molecule has 7 heteroatoms. The zero-order chi connectivity index (χ0) is 29.3. The summed E-state index contributed by atoms with van der Waals surface area (Å²) in [7, 11) is 1.70. The van der Waals surface area contributed by atoms with Crippen molar-refractivity contribution in [3.8, 4) is 0 Å². The van der Waals surface area contributed by atoms with Gasteiger partial charge in [0.15, 0.2) is 0 Å². The molecule has 0 saturated heterocycles. The fourth-order valence-electron chi connectivity index (χ4n) is 3.42. The van der Waals surface area contributed by atoms with Gasteiger partial charge in [-0.25, -0.2) is 0 Å². The van der Waals surface area contributed by atoms with Crippen molar-refractivity contribution in [1.82, 2.24) is 0 Å². The van der Waals surface area contributed by atoms with Gasteiger partial charge in [-0.1, -0.05) is 84.4 Å². The quantitative estimate of drug-likeness (QED) is 0.152. The van der Waals surface area contributed by atoms with Crippen molar-refractivity contribution in [3.63, 3.8) is 0 Å². The Labute approximate surface area is 241 Å². The molecule has 6 nitrogen and oxygen atoms in total. The van der Waals surface area contributed by atoms with E-state index in [1.165, 1.54) is 5.56 Å². The molecular formula is C33H33ClN4O2. The molecule has 0 heterocycles. The van der Waals surface area contributed by atoms with E-state index < -0.39 is 0 Å². The smallest absolute Gasteiger partial charge is 0.255 e. The van der Waals surface area contributed by atoms with E-state index in [1.54, 1.807) is 49.5 Å². The van der Waals surface area contributed by atoms with Gasteiger partial charge in [-0.2, -0.15) is 0 Å². The molecule has 0 aliphatic heterocycles. The van der Waals surface area contributed by atoms with Gasteiger partial charge in [0.05, 0.1) is 11.4 Å². The Morgan fingerprint density at radius 1 is 0.925 bits per heavy atom. The predicted octanol–water partition coefficient (Wildman–Crippen LogP) is 7.93. The number of halogens is 1. The van der Waals surface area contributed by atoms with Crippen LogP contribution in [-0.2, 0) is 4.79 Å². The van der Waals surface area contributed by atoms with E-state index in [2.05, 4.69) is 65.1 Å². The summed E-state index contributed by atoms with van der Waals surface area (Å²) in [6, 6.07) is 20.1. The second-order valence-corrected chi connectivity index (χ2v) is 8.76. The van der Waals surface area contributed by atoms with Crippen LogP contribution in [0.2, 0.25) is 5.02 Å². The number of hydrogen-bond donors (Lipinski definition) is 2. The van der Waals surface area contributed by atoms with Gasteiger partial charge < -0.3 is 10.6 Å². The molecule has 0 radical (unpaired) electrons. The van der Waals surface area contributed by atoms with Crippen molar-refractivity contribution < 1.29 is 9.59 Å². The fraction of sp³-hybridized carbons (Fsp3) is 0.0909. The summed E-state index contributed by atoms with van der Waals surface area (Å²) in [5, 5.41) is 5.66. The molecule has 3 rings (SSSR count). The first-order valence-corrected chi connectivity index (χ1v) is 12.8. The number of nitrogens with zero attached hydrogens (tertiary/aromatic N) is 2. The van der Waals surface area contributed by atoms with E-state index >= 15 is 0 Å². The van der Waals surface area contributed by atoms with Gasteiger partial charge in [0.1, 0.15) is 0 Å². The van der Waals surface area contributed by atoms with Crippen molar-refractivity contribution >= 4 is 53.4 Å². The van der Waals surface area contributed by atoms with Crippen LogP contribution in [0.4, 0.5) is 11.4 Å². The predicted molar refractivity (Wildman–Crippen MR) is 171 cm³/mol. The van der Waals surface area contributed by atoms with Crippen LogP contribution in [0.5, 0.6) is 0 Å². The SMILES string of the molecule is C=C/C=C\C(=NC)c1ccc(C(=O)Nc2cc(Cl)cc(NC=O)c2)cc1.C=N/C(=C\C=C/C)c1ccc(C)cc1. The molecule has 0 atom stereocenters. The molecule has 40 heavy (non-hydrogen) atoms. The third-order valence-corrected chi connectivity index (χ3v) is 5.64. The largest absolute Gasteiger partial charge is 0.329 e. The van der Waals surface area contributed by atoms with Crippen LogP contribution < -0.4 is 10.6 Å². The Morgan fingerprint density at radius 3 is 2.12 bits per heavy atom. The minimum Gasteiger partial charge on any atom is -0.329 e. The summed E-state index contributed by atoms with van der Waals surface area (Å²) in [6.45, 7) is 11.2. The monoisotopic (exact) mass is 552 g/mol. The van der Waals surface area contributed by atoms with Gasteiger partial charge in [0.25, 0.3) is 5.91 Å². The maximum Gasteiger partial charge on any atom is 0.255 e. The molecule has 0 fully saturated rings. The maximum atomic E-state index is 12.4. The molecule has 0 unspecified atom stereocenters. The van der Waals surface area contributed by atoms with Gasteiger partial charge in [0.2, 0.25) is 6.41 Å². The highest BCUT2D eigenvalue weighted by Gasteiger charge is 2.09. The fourth-order valence-corrected chi connectivity index (χ4v) is 3.65. The number of rotatable bonds is 10. The summed E-state index contributed by atoms with van der Waals surface area (Å²) in [5.74, 6) is -0.285. The summed E-state index contributed by atoms with van der Waals surface area (Å²) < 4.78 is 0. The number of aliphatic imine (C=N–C) groups is 2. The molecule has 2 amide bonds. The van der Waals surface area contributed by atoms with Crippen LogP contribution in [-0.4, -0.2) is 31.8 Å². The number of benzene rings is 3. The topological polar surface area (TPSA) is 82.9 Å². The van der Waals surface area contributed by atoms with Crippen molar-refractivity contribution in [2.75, 3.05) is 17.7 Å². The molecule has 0 aromatic heterocycles. The standard InChI is InChI=1S/C20H18ClN3O2.C13H15N/c1-3-4-5-19(22-2)14-6-8-15(9-7-14)20(26)24-18-11-16(21)10-17(12-18)23-13-25;1-4-5-6-13(14-3)12-9-7-11(2)8-10-12/h3-13H,1H2,2H3,(H,23,25)(H,24,26);4-10H,3H2,1-2H3/b5-4-,22-19?;5-4-,13-6-. The minimum absolute atomic E-state index is 0.285. The summed E-state index contributed by atoms with van der Waals surface area (Å²) in [5.41, 5.74) is 6.41. The zero-order valence-corrected chi connectivity index (χ0v) is 23.7. The van der Waals surface area contributed by atoms with E-state index in [0.29, 0.717) is 28.4 Å². The van der Waals surface area contributed by atoms with Crippen LogP contribution >= 0.6 is 11.6 Å². The molecule has 3 aromatic rings. The van der Waals surface area contributed by atoms with Gasteiger partial charge in [-0.05, 0) is 68.6 Å². The Bertz CT molecular complexity index is 1430. The third-order valence-electron chi connectivity index (χ3n) is 5.42. The first-order chi connectivity index (χ1) is 19.3. The lowest BCUT2D eigenvalue weighted by atomic mass is 10.1. The molecule has 0 aliphatic rings. The van der Waals surface area contributed by atoms with Crippen LogP contribution in [0.25, 0.3) is 5.70 Å². The number of aryl methyl sites for hydroxylation is 1. The maximum absolute atomic E-state index is 12.4. The van der Waals surface area contributed by atoms with Gasteiger partial charge >= 0.3 is 0 Å².